The predicted molar refractivity (Wildman–Crippen MR) is 127 cm³/mol. The zero-order valence-electron chi connectivity index (χ0n) is 19.2. The Morgan fingerprint density at radius 2 is 1.70 bits per heavy atom. The Morgan fingerprint density at radius 1 is 1.03 bits per heavy atom. The Morgan fingerprint density at radius 3 is 2.33 bits per heavy atom. The number of carbonyl (C=O) groups is 3. The summed E-state index contributed by atoms with van der Waals surface area (Å²) in [7, 11) is 0. The van der Waals surface area contributed by atoms with Crippen molar-refractivity contribution in [3.63, 3.8) is 0 Å². The number of benzene rings is 2. The molecule has 1 atom stereocenters. The third kappa shape index (κ3) is 6.96. The zero-order chi connectivity index (χ0) is 24.0. The molecule has 2 aromatic carbocycles. The zero-order valence-corrected chi connectivity index (χ0v) is 19.9. The number of piperidine rings is 1. The molecule has 7 nitrogen and oxygen atoms in total. The molecule has 1 aliphatic rings. The average molecular weight is 472 g/mol. The number of hydrogen-bond donors (Lipinski definition) is 2. The van der Waals surface area contributed by atoms with Crippen molar-refractivity contribution in [1.29, 1.82) is 0 Å². The Labute approximate surface area is 199 Å². The highest BCUT2D eigenvalue weighted by atomic mass is 35.5. The number of amides is 3. The van der Waals surface area contributed by atoms with Gasteiger partial charge in [-0.15, -0.1) is 0 Å². The summed E-state index contributed by atoms with van der Waals surface area (Å²) in [5.41, 5.74) is 5.80. The van der Waals surface area contributed by atoms with E-state index in [0.717, 1.165) is 12.0 Å². The minimum atomic E-state index is -0.487. The molecule has 3 rings (SSSR count). The van der Waals surface area contributed by atoms with Crippen molar-refractivity contribution in [2.24, 2.45) is 11.3 Å². The van der Waals surface area contributed by atoms with Crippen LogP contribution in [-0.4, -0.2) is 35.7 Å². The van der Waals surface area contributed by atoms with Crippen LogP contribution in [0.1, 0.15) is 49.5 Å². The van der Waals surface area contributed by atoms with Crippen molar-refractivity contribution in [3.05, 3.63) is 64.7 Å². The van der Waals surface area contributed by atoms with Gasteiger partial charge in [-0.05, 0) is 54.8 Å². The summed E-state index contributed by atoms with van der Waals surface area (Å²) in [6.07, 6.45) is 1.44. The molecule has 0 spiro atoms. The van der Waals surface area contributed by atoms with Crippen LogP contribution in [0.2, 0.25) is 5.02 Å². The van der Waals surface area contributed by atoms with Crippen LogP contribution in [0.5, 0.6) is 5.75 Å². The van der Waals surface area contributed by atoms with Gasteiger partial charge in [0.2, 0.25) is 11.8 Å². The highest BCUT2D eigenvalue weighted by Gasteiger charge is 2.33. The molecular formula is C25H30ClN3O4. The van der Waals surface area contributed by atoms with E-state index in [4.69, 9.17) is 16.3 Å². The lowest BCUT2D eigenvalue weighted by atomic mass is 9.91. The summed E-state index contributed by atoms with van der Waals surface area (Å²) in [5, 5.41) is 0.643. The molecule has 8 heteroatoms. The SMILES string of the molecule is CC(C)(C)C(=O)N1CCCC(C(=O)NNC(=O)c2ccc(COc3ccc(Cl)cc3)cc2)C1. The molecule has 176 valence electrons. The van der Waals surface area contributed by atoms with Crippen molar-refractivity contribution in [1.82, 2.24) is 15.8 Å². The minimum Gasteiger partial charge on any atom is -0.489 e. The van der Waals surface area contributed by atoms with Crippen molar-refractivity contribution < 1.29 is 19.1 Å². The third-order valence-electron chi connectivity index (χ3n) is 5.46. The van der Waals surface area contributed by atoms with Gasteiger partial charge in [0.1, 0.15) is 12.4 Å². The summed E-state index contributed by atoms with van der Waals surface area (Å²) < 4.78 is 5.70. The van der Waals surface area contributed by atoms with Gasteiger partial charge in [-0.1, -0.05) is 44.5 Å². The molecule has 2 N–H and O–H groups in total. The fourth-order valence-corrected chi connectivity index (χ4v) is 3.72. The molecule has 1 unspecified atom stereocenters. The van der Waals surface area contributed by atoms with E-state index in [1.165, 1.54) is 0 Å². The number of carbonyl (C=O) groups excluding carboxylic acids is 3. The van der Waals surface area contributed by atoms with Crippen LogP contribution >= 0.6 is 11.6 Å². The van der Waals surface area contributed by atoms with Crippen LogP contribution in [0.4, 0.5) is 0 Å². The topological polar surface area (TPSA) is 87.7 Å². The fraction of sp³-hybridized carbons (Fsp3) is 0.400. The van der Waals surface area contributed by atoms with Gasteiger partial charge in [0.25, 0.3) is 5.91 Å². The minimum absolute atomic E-state index is 0.0316. The van der Waals surface area contributed by atoms with Crippen LogP contribution in [0.15, 0.2) is 48.5 Å². The van der Waals surface area contributed by atoms with Crippen LogP contribution in [0.25, 0.3) is 0 Å². The molecule has 33 heavy (non-hydrogen) atoms. The van der Waals surface area contributed by atoms with Gasteiger partial charge in [0, 0.05) is 29.1 Å². The first-order valence-corrected chi connectivity index (χ1v) is 11.4. The van der Waals surface area contributed by atoms with Gasteiger partial charge in [0.05, 0.1) is 5.92 Å². The molecule has 2 aromatic rings. The van der Waals surface area contributed by atoms with Crippen LogP contribution in [0.3, 0.4) is 0 Å². The van der Waals surface area contributed by atoms with Crippen molar-refractivity contribution >= 4 is 29.3 Å². The quantitative estimate of drug-likeness (QED) is 0.646. The maximum absolute atomic E-state index is 12.6. The van der Waals surface area contributed by atoms with Gasteiger partial charge in [-0.3, -0.25) is 25.2 Å². The van der Waals surface area contributed by atoms with Gasteiger partial charge in [0.15, 0.2) is 0 Å². The van der Waals surface area contributed by atoms with Crippen molar-refractivity contribution in [2.45, 2.75) is 40.2 Å². The number of nitrogens with one attached hydrogen (secondary N) is 2. The first-order chi connectivity index (χ1) is 15.6. The number of nitrogens with zero attached hydrogens (tertiary/aromatic N) is 1. The molecule has 1 saturated heterocycles. The number of rotatable bonds is 5. The summed E-state index contributed by atoms with van der Waals surface area (Å²) in [6, 6.07) is 14.0. The molecule has 0 aliphatic carbocycles. The van der Waals surface area contributed by atoms with E-state index in [2.05, 4.69) is 10.9 Å². The highest BCUT2D eigenvalue weighted by Crippen LogP contribution is 2.23. The average Bonchev–Trinajstić information content (AvgIpc) is 2.81. The van der Waals surface area contributed by atoms with Crippen LogP contribution in [-0.2, 0) is 16.2 Å². The summed E-state index contributed by atoms with van der Waals surface area (Å²) in [5.74, 6) is -0.314. The largest absolute Gasteiger partial charge is 0.489 e. The van der Waals surface area contributed by atoms with Gasteiger partial charge >= 0.3 is 0 Å². The van der Waals surface area contributed by atoms with Gasteiger partial charge < -0.3 is 9.64 Å². The standard InChI is InChI=1S/C25H30ClN3O4/c1-25(2,3)24(32)29-14-4-5-19(15-29)23(31)28-27-22(30)18-8-6-17(7-9-18)16-33-21-12-10-20(26)11-13-21/h6-13,19H,4-5,14-16H2,1-3H3,(H,27,30)(H,28,31). The normalized spacial score (nSPS) is 16.1. The molecular weight excluding hydrogens is 442 g/mol. The van der Waals surface area contributed by atoms with E-state index >= 15 is 0 Å². The van der Waals surface area contributed by atoms with Gasteiger partial charge in [-0.25, -0.2) is 0 Å². The molecule has 3 amide bonds. The predicted octanol–water partition coefficient (Wildman–Crippen LogP) is 3.96. The van der Waals surface area contributed by atoms with E-state index in [9.17, 15) is 14.4 Å². The molecule has 0 radical (unpaired) electrons. The molecule has 1 heterocycles. The fourth-order valence-electron chi connectivity index (χ4n) is 3.59. The maximum Gasteiger partial charge on any atom is 0.269 e. The maximum atomic E-state index is 12.6. The number of likely N-dealkylation sites (tertiary alicyclic amines) is 1. The molecule has 0 aromatic heterocycles. The lowest BCUT2D eigenvalue weighted by Crippen LogP contribution is -2.51. The first-order valence-electron chi connectivity index (χ1n) is 11.0. The second-order valence-electron chi connectivity index (χ2n) is 9.22. The Balaban J connectivity index is 1.47. The second-order valence-corrected chi connectivity index (χ2v) is 9.66. The summed E-state index contributed by atoms with van der Waals surface area (Å²) >= 11 is 5.87. The Bertz CT molecular complexity index is 984. The highest BCUT2D eigenvalue weighted by molar-refractivity contribution is 6.30. The lowest BCUT2D eigenvalue weighted by molar-refractivity contribution is -0.143. The molecule has 1 aliphatic heterocycles. The van der Waals surface area contributed by atoms with E-state index in [1.807, 2.05) is 20.8 Å². The first kappa shape index (κ1) is 24.6. The van der Waals surface area contributed by atoms with Crippen molar-refractivity contribution in [2.75, 3.05) is 13.1 Å². The smallest absolute Gasteiger partial charge is 0.269 e. The van der Waals surface area contributed by atoms with Gasteiger partial charge in [-0.2, -0.15) is 0 Å². The third-order valence-corrected chi connectivity index (χ3v) is 5.71. The monoisotopic (exact) mass is 471 g/mol. The number of hydrazine groups is 1. The number of hydrogen-bond acceptors (Lipinski definition) is 4. The summed E-state index contributed by atoms with van der Waals surface area (Å²) in [6.45, 7) is 6.98. The summed E-state index contributed by atoms with van der Waals surface area (Å²) in [4.78, 5) is 39.2. The molecule has 1 fully saturated rings. The van der Waals surface area contributed by atoms with Crippen LogP contribution < -0.4 is 15.6 Å². The van der Waals surface area contributed by atoms with Crippen molar-refractivity contribution in [3.8, 4) is 5.75 Å². The van der Waals surface area contributed by atoms with E-state index in [1.54, 1.807) is 53.4 Å². The van der Waals surface area contributed by atoms with E-state index < -0.39 is 11.3 Å². The number of ether oxygens (including phenoxy) is 1. The Hall–Kier alpha value is -3.06. The molecule has 0 saturated carbocycles. The number of halogens is 1. The van der Waals surface area contributed by atoms with Crippen LogP contribution in [0, 0.1) is 11.3 Å². The molecule has 0 bridgehead atoms. The van der Waals surface area contributed by atoms with E-state index in [0.29, 0.717) is 42.5 Å². The Kier molecular flexibility index (Phi) is 7.97. The van der Waals surface area contributed by atoms with E-state index in [-0.39, 0.29) is 17.7 Å². The lowest BCUT2D eigenvalue weighted by Gasteiger charge is -2.35. The second kappa shape index (κ2) is 10.7.